The van der Waals surface area contributed by atoms with Crippen LogP contribution < -0.4 is 11.1 Å². The molecule has 4 N–H and O–H groups in total. The monoisotopic (exact) mass is 277 g/mol. The van der Waals surface area contributed by atoms with Gasteiger partial charge in [-0.05, 0) is 17.1 Å². The highest BCUT2D eigenvalue weighted by molar-refractivity contribution is 7.07. The van der Waals surface area contributed by atoms with Gasteiger partial charge >= 0.3 is 0 Å². The van der Waals surface area contributed by atoms with E-state index in [1.54, 1.807) is 24.3 Å². The molecule has 19 heavy (non-hydrogen) atoms. The van der Waals surface area contributed by atoms with Crippen LogP contribution in [0.3, 0.4) is 0 Å². The van der Waals surface area contributed by atoms with Crippen molar-refractivity contribution in [3.8, 4) is 0 Å². The van der Waals surface area contributed by atoms with Crippen molar-refractivity contribution in [1.82, 2.24) is 14.9 Å². The molecule has 0 saturated carbocycles. The predicted molar refractivity (Wildman–Crippen MR) is 70.0 cm³/mol. The first-order chi connectivity index (χ1) is 9.22. The third kappa shape index (κ3) is 3.05. The van der Waals surface area contributed by atoms with Gasteiger partial charge in [0, 0.05) is 0 Å². The molecule has 0 aliphatic rings. The highest BCUT2D eigenvalue weighted by Gasteiger charge is 2.20. The second kappa shape index (κ2) is 5.91. The van der Waals surface area contributed by atoms with Crippen molar-refractivity contribution in [2.75, 3.05) is 0 Å². The number of carbonyl (C=O) groups is 1. The molecule has 98 valence electrons. The van der Waals surface area contributed by atoms with Crippen molar-refractivity contribution in [2.24, 2.45) is 10.9 Å². The Morgan fingerprint density at radius 1 is 1.42 bits per heavy atom. The fraction of sp³-hybridized carbons (Fsp3) is 0.0909. The van der Waals surface area contributed by atoms with Crippen molar-refractivity contribution in [3.05, 3.63) is 47.0 Å². The first-order valence-electron chi connectivity index (χ1n) is 5.33. The molecule has 1 aromatic heterocycles. The average molecular weight is 277 g/mol. The predicted octanol–water partition coefficient (Wildman–Crippen LogP) is 0.756. The summed E-state index contributed by atoms with van der Waals surface area (Å²) >= 11 is 0.971. The topological polar surface area (TPSA) is 113 Å². The fourth-order valence-electron chi connectivity index (χ4n) is 1.50. The standard InChI is InChI=1S/C11H11N5O2S/c12-10(15-18)9(7-4-2-1-3-5-7)14-11(17)8-6-13-16-19-8/h1-6,9,18H,(H2,12,15)(H,14,17). The number of benzene rings is 1. The molecule has 1 amide bonds. The van der Waals surface area contributed by atoms with Gasteiger partial charge in [0.05, 0.1) is 6.20 Å². The molecular weight excluding hydrogens is 266 g/mol. The number of hydrogen-bond acceptors (Lipinski definition) is 6. The van der Waals surface area contributed by atoms with Crippen molar-refractivity contribution in [3.63, 3.8) is 0 Å². The van der Waals surface area contributed by atoms with E-state index in [9.17, 15) is 4.79 Å². The van der Waals surface area contributed by atoms with Crippen molar-refractivity contribution in [2.45, 2.75) is 6.04 Å². The molecule has 0 fully saturated rings. The lowest BCUT2D eigenvalue weighted by Crippen LogP contribution is -2.37. The summed E-state index contributed by atoms with van der Waals surface area (Å²) in [6, 6.07) is 8.27. The molecule has 2 aromatic rings. The van der Waals surface area contributed by atoms with Gasteiger partial charge in [0.2, 0.25) is 0 Å². The van der Waals surface area contributed by atoms with Gasteiger partial charge < -0.3 is 16.3 Å². The minimum absolute atomic E-state index is 0.1000. The zero-order valence-electron chi connectivity index (χ0n) is 9.72. The van der Waals surface area contributed by atoms with Gasteiger partial charge in [-0.2, -0.15) is 0 Å². The van der Waals surface area contributed by atoms with Crippen LogP contribution >= 0.6 is 11.5 Å². The summed E-state index contributed by atoms with van der Waals surface area (Å²) in [6.45, 7) is 0. The molecule has 1 atom stereocenters. The zero-order valence-corrected chi connectivity index (χ0v) is 10.5. The Labute approximate surface area is 112 Å². The molecule has 8 heteroatoms. The smallest absolute Gasteiger partial charge is 0.265 e. The summed E-state index contributed by atoms with van der Waals surface area (Å²) in [5, 5.41) is 18.0. The number of amidine groups is 1. The van der Waals surface area contributed by atoms with Crippen LogP contribution in [0.25, 0.3) is 0 Å². The van der Waals surface area contributed by atoms with Crippen LogP contribution in [0, 0.1) is 0 Å². The van der Waals surface area contributed by atoms with Crippen LogP contribution in [0.5, 0.6) is 0 Å². The molecule has 0 saturated heterocycles. The maximum absolute atomic E-state index is 11.9. The Morgan fingerprint density at radius 3 is 2.74 bits per heavy atom. The number of rotatable bonds is 4. The van der Waals surface area contributed by atoms with E-state index < -0.39 is 6.04 Å². The molecular formula is C11H11N5O2S. The Balaban J connectivity index is 2.23. The van der Waals surface area contributed by atoms with Gasteiger partial charge in [0.25, 0.3) is 5.91 Å². The summed E-state index contributed by atoms with van der Waals surface area (Å²) in [4.78, 5) is 12.3. The molecule has 1 unspecified atom stereocenters. The van der Waals surface area contributed by atoms with Gasteiger partial charge in [0.15, 0.2) is 5.84 Å². The van der Waals surface area contributed by atoms with E-state index in [4.69, 9.17) is 10.9 Å². The number of oxime groups is 1. The first-order valence-corrected chi connectivity index (χ1v) is 6.10. The zero-order chi connectivity index (χ0) is 13.7. The third-order valence-corrected chi connectivity index (χ3v) is 3.07. The lowest BCUT2D eigenvalue weighted by atomic mass is 10.1. The van der Waals surface area contributed by atoms with Crippen molar-refractivity contribution < 1.29 is 10.0 Å². The lowest BCUT2D eigenvalue weighted by molar-refractivity contribution is 0.0950. The van der Waals surface area contributed by atoms with E-state index in [2.05, 4.69) is 20.1 Å². The van der Waals surface area contributed by atoms with Gasteiger partial charge in [-0.25, -0.2) is 0 Å². The minimum Gasteiger partial charge on any atom is -0.409 e. The molecule has 0 aliphatic carbocycles. The maximum Gasteiger partial charge on any atom is 0.265 e. The summed E-state index contributed by atoms with van der Waals surface area (Å²) < 4.78 is 3.61. The number of nitrogens with zero attached hydrogens (tertiary/aromatic N) is 3. The van der Waals surface area contributed by atoms with Crippen LogP contribution in [0.4, 0.5) is 0 Å². The molecule has 1 heterocycles. The van der Waals surface area contributed by atoms with Crippen molar-refractivity contribution >= 4 is 23.3 Å². The summed E-state index contributed by atoms with van der Waals surface area (Å²) in [6.07, 6.45) is 1.36. The maximum atomic E-state index is 11.9. The highest BCUT2D eigenvalue weighted by Crippen LogP contribution is 2.14. The van der Waals surface area contributed by atoms with Gasteiger partial charge in [0.1, 0.15) is 10.9 Å². The Bertz CT molecular complexity index is 570. The number of nitrogens with two attached hydrogens (primary N) is 1. The Morgan fingerprint density at radius 2 is 2.16 bits per heavy atom. The molecule has 1 aromatic carbocycles. The number of amides is 1. The quantitative estimate of drug-likeness (QED) is 0.330. The summed E-state index contributed by atoms with van der Waals surface area (Å²) in [5.74, 6) is -0.479. The lowest BCUT2D eigenvalue weighted by Gasteiger charge is -2.16. The SMILES string of the molecule is NC(=NO)C(NC(=O)c1cnns1)c1ccccc1. The van der Waals surface area contributed by atoms with E-state index in [1.807, 2.05) is 6.07 Å². The summed E-state index contributed by atoms with van der Waals surface area (Å²) in [5.41, 5.74) is 6.32. The number of nitrogens with one attached hydrogen (secondary N) is 1. The van der Waals surface area contributed by atoms with Crippen LogP contribution in [-0.2, 0) is 0 Å². The number of aromatic nitrogens is 2. The minimum atomic E-state index is -0.708. The van der Waals surface area contributed by atoms with E-state index in [1.165, 1.54) is 6.20 Å². The largest absolute Gasteiger partial charge is 0.409 e. The molecule has 0 aliphatic heterocycles. The second-order valence-electron chi connectivity index (χ2n) is 3.62. The van der Waals surface area contributed by atoms with Gasteiger partial charge in [-0.1, -0.05) is 40.0 Å². The third-order valence-electron chi connectivity index (χ3n) is 2.40. The average Bonchev–Trinajstić information content (AvgIpc) is 2.99. The number of carbonyl (C=O) groups excluding carboxylic acids is 1. The molecule has 0 spiro atoms. The van der Waals surface area contributed by atoms with E-state index in [0.29, 0.717) is 10.4 Å². The first kappa shape index (κ1) is 13.0. The second-order valence-corrected chi connectivity index (χ2v) is 4.41. The van der Waals surface area contributed by atoms with E-state index in [-0.39, 0.29) is 11.7 Å². The van der Waals surface area contributed by atoms with Crippen LogP contribution in [-0.4, -0.2) is 26.5 Å². The van der Waals surface area contributed by atoms with Crippen LogP contribution in [0.2, 0.25) is 0 Å². The van der Waals surface area contributed by atoms with E-state index in [0.717, 1.165) is 11.5 Å². The normalized spacial score (nSPS) is 12.9. The number of hydrogen-bond donors (Lipinski definition) is 3. The van der Waals surface area contributed by atoms with Gasteiger partial charge in [-0.3, -0.25) is 4.79 Å². The molecule has 0 radical (unpaired) electrons. The fourth-order valence-corrected chi connectivity index (χ4v) is 1.92. The van der Waals surface area contributed by atoms with Crippen LogP contribution in [0.1, 0.15) is 21.3 Å². The van der Waals surface area contributed by atoms with E-state index >= 15 is 0 Å². The highest BCUT2D eigenvalue weighted by atomic mass is 32.1. The van der Waals surface area contributed by atoms with Crippen molar-refractivity contribution in [1.29, 1.82) is 0 Å². The molecule has 7 nitrogen and oxygen atoms in total. The Kier molecular flexibility index (Phi) is 4.04. The van der Waals surface area contributed by atoms with Crippen LogP contribution in [0.15, 0.2) is 41.7 Å². The Hall–Kier alpha value is -2.48. The molecule has 2 rings (SSSR count). The van der Waals surface area contributed by atoms with Gasteiger partial charge in [-0.15, -0.1) is 5.10 Å². The summed E-state index contributed by atoms with van der Waals surface area (Å²) in [7, 11) is 0. The molecule has 0 bridgehead atoms.